The summed E-state index contributed by atoms with van der Waals surface area (Å²) in [5, 5.41) is 57.2. The number of nitrogens with two attached hydrogens (primary N) is 1. The lowest BCUT2D eigenvalue weighted by Gasteiger charge is -2.28. The van der Waals surface area contributed by atoms with Crippen LogP contribution in [0.2, 0.25) is 0 Å². The van der Waals surface area contributed by atoms with Gasteiger partial charge in [-0.1, -0.05) is 71.1 Å². The summed E-state index contributed by atoms with van der Waals surface area (Å²) in [5.74, 6) is -7.43. The molecule has 1 rings (SSSR count). The van der Waals surface area contributed by atoms with Gasteiger partial charge in [0.2, 0.25) is 41.4 Å². The lowest BCUT2D eigenvalue weighted by atomic mass is 10.0. The van der Waals surface area contributed by atoms with Gasteiger partial charge in [-0.2, -0.15) is 0 Å². The van der Waals surface area contributed by atoms with Gasteiger partial charge in [0.25, 0.3) is 0 Å². The number of carbonyl (C=O) groups excluding carboxylic acids is 8. The number of amides is 7. The van der Waals surface area contributed by atoms with Crippen molar-refractivity contribution in [2.45, 2.75) is 185 Å². The molecule has 0 aromatic rings. The maximum atomic E-state index is 13.6. The van der Waals surface area contributed by atoms with E-state index in [0.717, 1.165) is 39.0 Å². The molecule has 0 saturated carbocycles. The smallest absolute Gasteiger partial charge is 0.331 e. The summed E-state index contributed by atoms with van der Waals surface area (Å²) in [4.78, 5) is 105. The molecule has 0 aliphatic carbocycles. The number of unbranched alkanes of at least 4 members (excludes halogenated alkanes) is 10. The van der Waals surface area contributed by atoms with Crippen LogP contribution < -0.4 is 43.0 Å². The number of nitrogens with one attached hydrogen (secondary N) is 7. The van der Waals surface area contributed by atoms with Gasteiger partial charge in [0.05, 0.1) is 31.8 Å². The zero-order chi connectivity index (χ0) is 46.6. The number of rotatable bonds is 19. The molecule has 7 amide bonds. The molecule has 0 spiro atoms. The first-order valence-electron chi connectivity index (χ1n) is 22.1. The molecule has 1 aliphatic rings. The van der Waals surface area contributed by atoms with Crippen LogP contribution in [0, 0.1) is 0 Å². The molecule has 21 nitrogen and oxygen atoms in total. The molecule has 9 atom stereocenters. The van der Waals surface area contributed by atoms with E-state index in [1.165, 1.54) is 46.0 Å². The SMILES string of the molecule is CCCCCCCCCCCCCC1CC(=O)NC(C)C(=O)NC(CCCN)C(=O)NCCC(=O)NC(CO)C(=O)NC(CO)C(=O)NC(C(C)O)C(=O)NC(C(C)O)C(=O)O1. The molecule has 21 heteroatoms. The number of ether oxygens (including phenoxy) is 1. The van der Waals surface area contributed by atoms with Crippen molar-refractivity contribution in [2.24, 2.45) is 5.73 Å². The maximum absolute atomic E-state index is 13.6. The Balaban J connectivity index is 3.39. The second kappa shape index (κ2) is 31.4. The summed E-state index contributed by atoms with van der Waals surface area (Å²) < 4.78 is 5.70. The van der Waals surface area contributed by atoms with Crippen LogP contribution in [0.25, 0.3) is 0 Å². The van der Waals surface area contributed by atoms with Crippen LogP contribution in [0.15, 0.2) is 0 Å². The molecule has 9 unspecified atom stereocenters. The molecular formula is C41H74N8O13. The van der Waals surface area contributed by atoms with E-state index in [4.69, 9.17) is 10.5 Å². The molecule has 1 aliphatic heterocycles. The van der Waals surface area contributed by atoms with Gasteiger partial charge >= 0.3 is 5.97 Å². The van der Waals surface area contributed by atoms with Crippen molar-refractivity contribution in [1.82, 2.24) is 37.2 Å². The lowest BCUT2D eigenvalue weighted by molar-refractivity contribution is -0.158. The first-order valence-corrected chi connectivity index (χ1v) is 22.1. The average Bonchev–Trinajstić information content (AvgIpc) is 3.22. The van der Waals surface area contributed by atoms with Crippen LogP contribution in [0.1, 0.15) is 130 Å². The van der Waals surface area contributed by atoms with Gasteiger partial charge < -0.3 is 68.1 Å². The first kappa shape index (κ1) is 55.6. The molecule has 0 aromatic carbocycles. The van der Waals surface area contributed by atoms with E-state index in [2.05, 4.69) is 44.1 Å². The Morgan fingerprint density at radius 1 is 0.597 bits per heavy atom. The third kappa shape index (κ3) is 22.1. The number of carbonyl (C=O) groups is 8. The Morgan fingerprint density at radius 3 is 1.66 bits per heavy atom. The summed E-state index contributed by atoms with van der Waals surface area (Å²) in [6, 6.07) is -9.22. The van der Waals surface area contributed by atoms with Crippen molar-refractivity contribution in [1.29, 1.82) is 0 Å². The highest BCUT2D eigenvalue weighted by molar-refractivity contribution is 5.96. The van der Waals surface area contributed by atoms with Gasteiger partial charge in [0.1, 0.15) is 36.3 Å². The fourth-order valence-corrected chi connectivity index (χ4v) is 6.56. The molecule has 13 N–H and O–H groups in total. The van der Waals surface area contributed by atoms with Crippen LogP contribution in [0.3, 0.4) is 0 Å². The minimum atomic E-state index is -1.80. The highest BCUT2D eigenvalue weighted by Gasteiger charge is 2.36. The van der Waals surface area contributed by atoms with Crippen LogP contribution in [-0.4, -0.2) is 149 Å². The van der Waals surface area contributed by atoms with E-state index in [1.807, 2.05) is 0 Å². The van der Waals surface area contributed by atoms with Crippen molar-refractivity contribution in [3.8, 4) is 0 Å². The van der Waals surface area contributed by atoms with E-state index < -0.39 is 122 Å². The minimum absolute atomic E-state index is 0.114. The zero-order valence-corrected chi connectivity index (χ0v) is 36.9. The summed E-state index contributed by atoms with van der Waals surface area (Å²) in [5.41, 5.74) is 5.64. The number of aliphatic hydroxyl groups is 4. The van der Waals surface area contributed by atoms with Crippen LogP contribution in [0.5, 0.6) is 0 Å². The summed E-state index contributed by atoms with van der Waals surface area (Å²) in [6.07, 6.45) is 7.13. The number of cyclic esters (lactones) is 1. The second-order valence-corrected chi connectivity index (χ2v) is 15.9. The predicted molar refractivity (Wildman–Crippen MR) is 226 cm³/mol. The number of aliphatic hydroxyl groups excluding tert-OH is 4. The Hall–Kier alpha value is -4.44. The molecule has 1 fully saturated rings. The van der Waals surface area contributed by atoms with Gasteiger partial charge in [0.15, 0.2) is 6.04 Å². The standard InChI is InChI=1S/C41H74N8O13/c1-5-6-7-8-9-10-11-12-13-14-15-17-28-22-33(55)44-25(2)36(56)46-29(18-16-20-42)37(57)43-21-19-32(54)45-30(23-50)38(58)47-31(24-51)39(59)48-34(26(3)52)40(60)49-35(27(4)53)41(61)62-28/h25-31,34-35,50-53H,5-24,42H2,1-4H3,(H,43,57)(H,44,55)(H,45,54)(H,46,56)(H,47,58)(H,48,59)(H,49,60). The van der Waals surface area contributed by atoms with Gasteiger partial charge in [-0.15, -0.1) is 0 Å². The summed E-state index contributed by atoms with van der Waals surface area (Å²) in [7, 11) is 0. The Labute approximate surface area is 364 Å². The van der Waals surface area contributed by atoms with Crippen molar-refractivity contribution in [2.75, 3.05) is 26.3 Å². The quantitative estimate of drug-likeness (QED) is 0.0490. The van der Waals surface area contributed by atoms with Gasteiger partial charge in [0, 0.05) is 13.0 Å². The highest BCUT2D eigenvalue weighted by Crippen LogP contribution is 2.16. The van der Waals surface area contributed by atoms with E-state index in [0.29, 0.717) is 12.8 Å². The molecule has 0 bridgehead atoms. The molecule has 356 valence electrons. The lowest BCUT2D eigenvalue weighted by Crippen LogP contribution is -2.62. The molecule has 1 heterocycles. The normalized spacial score (nSPS) is 25.8. The van der Waals surface area contributed by atoms with Crippen molar-refractivity contribution < 1.29 is 63.5 Å². The third-order valence-corrected chi connectivity index (χ3v) is 10.3. The average molecular weight is 887 g/mol. The Kier molecular flexibility index (Phi) is 28.2. The van der Waals surface area contributed by atoms with Gasteiger partial charge in [-0.25, -0.2) is 4.79 Å². The third-order valence-electron chi connectivity index (χ3n) is 10.3. The Bertz CT molecular complexity index is 1420. The van der Waals surface area contributed by atoms with E-state index in [1.54, 1.807) is 0 Å². The largest absolute Gasteiger partial charge is 0.460 e. The van der Waals surface area contributed by atoms with Crippen molar-refractivity contribution >= 4 is 47.3 Å². The van der Waals surface area contributed by atoms with E-state index in [9.17, 15) is 58.8 Å². The van der Waals surface area contributed by atoms with Crippen LogP contribution >= 0.6 is 0 Å². The van der Waals surface area contributed by atoms with Gasteiger partial charge in [-0.05, 0) is 53.0 Å². The van der Waals surface area contributed by atoms with Crippen LogP contribution in [-0.2, 0) is 43.1 Å². The monoisotopic (exact) mass is 887 g/mol. The number of esters is 1. The zero-order valence-electron chi connectivity index (χ0n) is 36.9. The van der Waals surface area contributed by atoms with Crippen molar-refractivity contribution in [3.05, 3.63) is 0 Å². The number of hydrogen-bond donors (Lipinski definition) is 12. The second-order valence-electron chi connectivity index (χ2n) is 15.9. The molecular weight excluding hydrogens is 812 g/mol. The number of hydrogen-bond acceptors (Lipinski definition) is 14. The van der Waals surface area contributed by atoms with Gasteiger partial charge in [-0.3, -0.25) is 33.6 Å². The molecule has 62 heavy (non-hydrogen) atoms. The Morgan fingerprint density at radius 2 is 1.11 bits per heavy atom. The predicted octanol–water partition coefficient (Wildman–Crippen LogP) is -2.08. The van der Waals surface area contributed by atoms with Crippen LogP contribution in [0.4, 0.5) is 0 Å². The topological polar surface area (TPSA) is 337 Å². The fourth-order valence-electron chi connectivity index (χ4n) is 6.56. The van der Waals surface area contributed by atoms with E-state index in [-0.39, 0.29) is 32.4 Å². The maximum Gasteiger partial charge on any atom is 0.331 e. The van der Waals surface area contributed by atoms with Crippen molar-refractivity contribution in [3.63, 3.8) is 0 Å². The summed E-state index contributed by atoms with van der Waals surface area (Å²) >= 11 is 0. The molecule has 0 aromatic heterocycles. The first-order chi connectivity index (χ1) is 29.5. The fraction of sp³-hybridized carbons (Fsp3) is 0.805. The molecule has 1 saturated heterocycles. The minimum Gasteiger partial charge on any atom is -0.460 e. The van der Waals surface area contributed by atoms with E-state index >= 15 is 0 Å². The summed E-state index contributed by atoms with van der Waals surface area (Å²) in [6.45, 7) is 3.85. The molecule has 0 radical (unpaired) electrons. The highest BCUT2D eigenvalue weighted by atomic mass is 16.5.